The molecule has 6 nitrogen and oxygen atoms in total. The standard InChI is InChI=1S/C13H23N5O/c1-2-10-19-11(3-1)4-5-12-15-13(17-16-12)18-8-6-14-7-9-18/h11,14H,1-10H2,(H,15,16,17). The molecule has 19 heavy (non-hydrogen) atoms. The van der Waals surface area contributed by atoms with E-state index in [4.69, 9.17) is 4.74 Å². The molecule has 0 amide bonds. The Balaban J connectivity index is 1.49. The van der Waals surface area contributed by atoms with Gasteiger partial charge in [0.25, 0.3) is 0 Å². The van der Waals surface area contributed by atoms with Gasteiger partial charge in [0.2, 0.25) is 5.95 Å². The molecule has 0 bridgehead atoms. The lowest BCUT2D eigenvalue weighted by molar-refractivity contribution is 0.0112. The van der Waals surface area contributed by atoms with Crippen LogP contribution in [0, 0.1) is 0 Å². The molecule has 2 N–H and O–H groups in total. The third-order valence-electron chi connectivity index (χ3n) is 3.90. The predicted octanol–water partition coefficient (Wildman–Crippen LogP) is 0.716. The predicted molar refractivity (Wildman–Crippen MR) is 73.4 cm³/mol. The quantitative estimate of drug-likeness (QED) is 0.839. The van der Waals surface area contributed by atoms with E-state index in [1.807, 2.05) is 0 Å². The van der Waals surface area contributed by atoms with Gasteiger partial charge in [-0.1, -0.05) is 0 Å². The molecule has 1 aromatic heterocycles. The molecule has 0 radical (unpaired) electrons. The van der Waals surface area contributed by atoms with Crippen molar-refractivity contribution < 1.29 is 4.74 Å². The number of nitrogens with zero attached hydrogens (tertiary/aromatic N) is 3. The lowest BCUT2D eigenvalue weighted by atomic mass is 10.0. The highest BCUT2D eigenvalue weighted by molar-refractivity contribution is 5.29. The van der Waals surface area contributed by atoms with E-state index < -0.39 is 0 Å². The van der Waals surface area contributed by atoms with Crippen molar-refractivity contribution >= 4 is 5.95 Å². The fourth-order valence-electron chi connectivity index (χ4n) is 2.74. The fraction of sp³-hybridized carbons (Fsp3) is 0.846. The largest absolute Gasteiger partial charge is 0.378 e. The normalized spacial score (nSPS) is 24.6. The molecule has 2 fully saturated rings. The van der Waals surface area contributed by atoms with Crippen LogP contribution in [0.25, 0.3) is 0 Å². The maximum atomic E-state index is 5.74. The van der Waals surface area contributed by atoms with Gasteiger partial charge in [-0.3, -0.25) is 5.10 Å². The molecule has 2 saturated heterocycles. The van der Waals surface area contributed by atoms with E-state index in [9.17, 15) is 0 Å². The summed E-state index contributed by atoms with van der Waals surface area (Å²) in [5, 5.41) is 10.7. The summed E-state index contributed by atoms with van der Waals surface area (Å²) in [5.74, 6) is 1.84. The van der Waals surface area contributed by atoms with Crippen LogP contribution in [-0.2, 0) is 11.2 Å². The van der Waals surface area contributed by atoms with Crippen molar-refractivity contribution in [1.82, 2.24) is 20.5 Å². The van der Waals surface area contributed by atoms with Crippen LogP contribution in [0.4, 0.5) is 5.95 Å². The third kappa shape index (κ3) is 3.45. The molecule has 0 aliphatic carbocycles. The molecule has 2 aliphatic rings. The van der Waals surface area contributed by atoms with Crippen LogP contribution in [0.15, 0.2) is 0 Å². The second-order valence-corrected chi connectivity index (χ2v) is 5.35. The highest BCUT2D eigenvalue weighted by atomic mass is 16.5. The molecule has 106 valence electrons. The van der Waals surface area contributed by atoms with E-state index in [2.05, 4.69) is 25.4 Å². The molecular formula is C13H23N5O. The molecular weight excluding hydrogens is 242 g/mol. The van der Waals surface area contributed by atoms with E-state index in [0.717, 1.165) is 57.4 Å². The zero-order valence-corrected chi connectivity index (χ0v) is 11.4. The number of anilines is 1. The Morgan fingerprint density at radius 3 is 2.95 bits per heavy atom. The smallest absolute Gasteiger partial charge is 0.244 e. The van der Waals surface area contributed by atoms with Crippen LogP contribution in [0.1, 0.15) is 31.5 Å². The summed E-state index contributed by atoms with van der Waals surface area (Å²) in [7, 11) is 0. The van der Waals surface area contributed by atoms with E-state index in [1.54, 1.807) is 0 Å². The van der Waals surface area contributed by atoms with Gasteiger partial charge in [-0.05, 0) is 25.7 Å². The van der Waals surface area contributed by atoms with E-state index in [0.29, 0.717) is 6.10 Å². The molecule has 0 spiro atoms. The summed E-state index contributed by atoms with van der Waals surface area (Å²) in [6, 6.07) is 0. The summed E-state index contributed by atoms with van der Waals surface area (Å²) in [5.41, 5.74) is 0. The number of aryl methyl sites for hydroxylation is 1. The van der Waals surface area contributed by atoms with Gasteiger partial charge in [0.1, 0.15) is 5.82 Å². The Bertz CT molecular complexity index is 382. The summed E-state index contributed by atoms with van der Waals surface area (Å²) in [4.78, 5) is 6.82. The lowest BCUT2D eigenvalue weighted by Crippen LogP contribution is -2.44. The Labute approximate surface area is 113 Å². The maximum absolute atomic E-state index is 5.74. The Morgan fingerprint density at radius 2 is 2.16 bits per heavy atom. The molecule has 6 heteroatoms. The van der Waals surface area contributed by atoms with Crippen molar-refractivity contribution in [1.29, 1.82) is 0 Å². The van der Waals surface area contributed by atoms with Crippen molar-refractivity contribution in [2.24, 2.45) is 0 Å². The second-order valence-electron chi connectivity index (χ2n) is 5.35. The number of piperazine rings is 1. The van der Waals surface area contributed by atoms with Gasteiger partial charge < -0.3 is 15.0 Å². The first-order valence-electron chi connectivity index (χ1n) is 7.40. The summed E-state index contributed by atoms with van der Waals surface area (Å²) in [6.45, 7) is 4.93. The second kappa shape index (κ2) is 6.34. The number of hydrogen-bond donors (Lipinski definition) is 2. The van der Waals surface area contributed by atoms with E-state index >= 15 is 0 Å². The third-order valence-corrected chi connectivity index (χ3v) is 3.90. The van der Waals surface area contributed by atoms with Crippen molar-refractivity contribution in [3.8, 4) is 0 Å². The summed E-state index contributed by atoms with van der Waals surface area (Å²) >= 11 is 0. The number of aromatic amines is 1. The zero-order valence-electron chi connectivity index (χ0n) is 11.4. The van der Waals surface area contributed by atoms with Crippen molar-refractivity contribution in [3.05, 3.63) is 5.82 Å². The number of H-pyrrole nitrogens is 1. The molecule has 0 saturated carbocycles. The highest BCUT2D eigenvalue weighted by Gasteiger charge is 2.17. The van der Waals surface area contributed by atoms with Crippen molar-refractivity contribution in [3.63, 3.8) is 0 Å². The van der Waals surface area contributed by atoms with Gasteiger partial charge in [-0.25, -0.2) is 0 Å². The van der Waals surface area contributed by atoms with Gasteiger partial charge in [0.05, 0.1) is 6.10 Å². The highest BCUT2D eigenvalue weighted by Crippen LogP contribution is 2.17. The van der Waals surface area contributed by atoms with Gasteiger partial charge >= 0.3 is 0 Å². The molecule has 0 aromatic carbocycles. The lowest BCUT2D eigenvalue weighted by Gasteiger charge is -2.25. The van der Waals surface area contributed by atoms with Crippen LogP contribution in [-0.4, -0.2) is 54.1 Å². The number of ether oxygens (including phenoxy) is 1. The van der Waals surface area contributed by atoms with Crippen LogP contribution >= 0.6 is 0 Å². The summed E-state index contributed by atoms with van der Waals surface area (Å²) < 4.78 is 5.74. The monoisotopic (exact) mass is 265 g/mol. The first-order chi connectivity index (χ1) is 9.42. The number of hydrogen-bond acceptors (Lipinski definition) is 5. The zero-order chi connectivity index (χ0) is 12.9. The first kappa shape index (κ1) is 12.9. The SMILES string of the molecule is C1CCC(CCc2nc(N3CCNCC3)n[nH]2)OC1. The van der Waals surface area contributed by atoms with Gasteiger partial charge in [0.15, 0.2) is 0 Å². The van der Waals surface area contributed by atoms with Crippen molar-refractivity contribution in [2.75, 3.05) is 37.7 Å². The van der Waals surface area contributed by atoms with Gasteiger partial charge in [0, 0.05) is 39.2 Å². The topological polar surface area (TPSA) is 66.1 Å². The van der Waals surface area contributed by atoms with Crippen LogP contribution in [0.3, 0.4) is 0 Å². The van der Waals surface area contributed by atoms with Crippen molar-refractivity contribution in [2.45, 2.75) is 38.2 Å². The minimum absolute atomic E-state index is 0.418. The number of rotatable bonds is 4. The fourth-order valence-corrected chi connectivity index (χ4v) is 2.74. The minimum atomic E-state index is 0.418. The molecule has 3 rings (SSSR count). The van der Waals surface area contributed by atoms with E-state index in [-0.39, 0.29) is 0 Å². The Hall–Kier alpha value is -1.14. The van der Waals surface area contributed by atoms with Gasteiger partial charge in [-0.2, -0.15) is 4.98 Å². The number of aromatic nitrogens is 3. The average Bonchev–Trinajstić information content (AvgIpc) is 2.96. The van der Waals surface area contributed by atoms with Crippen LogP contribution < -0.4 is 10.2 Å². The van der Waals surface area contributed by atoms with E-state index in [1.165, 1.54) is 19.3 Å². The van der Waals surface area contributed by atoms with Gasteiger partial charge in [-0.15, -0.1) is 5.10 Å². The van der Waals surface area contributed by atoms with Crippen LogP contribution in [0.5, 0.6) is 0 Å². The number of nitrogens with one attached hydrogen (secondary N) is 2. The average molecular weight is 265 g/mol. The molecule has 1 unspecified atom stereocenters. The molecule has 3 heterocycles. The molecule has 2 aliphatic heterocycles. The maximum Gasteiger partial charge on any atom is 0.244 e. The molecule has 1 aromatic rings. The first-order valence-corrected chi connectivity index (χ1v) is 7.40. The Kier molecular flexibility index (Phi) is 4.30. The Morgan fingerprint density at radius 1 is 1.26 bits per heavy atom. The van der Waals surface area contributed by atoms with Crippen LogP contribution in [0.2, 0.25) is 0 Å². The molecule has 1 atom stereocenters. The summed E-state index contributed by atoms with van der Waals surface area (Å²) in [6.07, 6.45) is 6.11. The minimum Gasteiger partial charge on any atom is -0.378 e.